The van der Waals surface area contributed by atoms with Crippen LogP contribution in [-0.4, -0.2) is 29.6 Å². The molecule has 0 radical (unpaired) electrons. The predicted molar refractivity (Wildman–Crippen MR) is 70.2 cm³/mol. The van der Waals surface area contributed by atoms with Gasteiger partial charge < -0.3 is 10.2 Å². The lowest BCUT2D eigenvalue weighted by atomic mass is 10.2. The van der Waals surface area contributed by atoms with Crippen LogP contribution in [0.3, 0.4) is 0 Å². The van der Waals surface area contributed by atoms with Gasteiger partial charge in [0, 0.05) is 31.4 Å². The van der Waals surface area contributed by atoms with Gasteiger partial charge in [-0.3, -0.25) is 0 Å². The summed E-state index contributed by atoms with van der Waals surface area (Å²) in [5.74, 6) is 2.00. The molecule has 94 valence electrons. The number of hydrogen-bond donors (Lipinski definition) is 1. The first kappa shape index (κ1) is 12.3. The SMILES string of the molecule is CCCNCc1cnc(C)nc1N1CCCC1. The van der Waals surface area contributed by atoms with Crippen molar-refractivity contribution in [3.05, 3.63) is 17.6 Å². The molecule has 0 bridgehead atoms. The van der Waals surface area contributed by atoms with Crippen molar-refractivity contribution in [3.8, 4) is 0 Å². The van der Waals surface area contributed by atoms with E-state index in [0.717, 1.165) is 44.2 Å². The van der Waals surface area contributed by atoms with Crippen LogP contribution in [-0.2, 0) is 6.54 Å². The van der Waals surface area contributed by atoms with E-state index in [1.807, 2.05) is 13.1 Å². The lowest BCUT2D eigenvalue weighted by Crippen LogP contribution is -2.24. The number of rotatable bonds is 5. The van der Waals surface area contributed by atoms with Gasteiger partial charge in [-0.2, -0.15) is 0 Å². The topological polar surface area (TPSA) is 41.1 Å². The lowest BCUT2D eigenvalue weighted by Gasteiger charge is -2.20. The number of hydrogen-bond acceptors (Lipinski definition) is 4. The second-order valence-corrected chi connectivity index (χ2v) is 4.64. The Morgan fingerprint density at radius 3 is 2.82 bits per heavy atom. The first-order chi connectivity index (χ1) is 8.31. The first-order valence-corrected chi connectivity index (χ1v) is 6.59. The number of nitrogens with zero attached hydrogens (tertiary/aromatic N) is 3. The Labute approximate surface area is 103 Å². The average Bonchev–Trinajstić information content (AvgIpc) is 2.85. The highest BCUT2D eigenvalue weighted by atomic mass is 15.2. The van der Waals surface area contributed by atoms with Crippen LogP contribution < -0.4 is 10.2 Å². The van der Waals surface area contributed by atoms with Crippen molar-refractivity contribution >= 4 is 5.82 Å². The van der Waals surface area contributed by atoms with E-state index in [9.17, 15) is 0 Å². The summed E-state index contributed by atoms with van der Waals surface area (Å²) in [5, 5.41) is 3.43. The van der Waals surface area contributed by atoms with Crippen molar-refractivity contribution in [3.63, 3.8) is 0 Å². The van der Waals surface area contributed by atoms with E-state index < -0.39 is 0 Å². The van der Waals surface area contributed by atoms with Crippen LogP contribution >= 0.6 is 0 Å². The molecular weight excluding hydrogens is 212 g/mol. The zero-order valence-electron chi connectivity index (χ0n) is 10.9. The Kier molecular flexibility index (Phi) is 4.31. The molecule has 1 aromatic rings. The third kappa shape index (κ3) is 3.16. The van der Waals surface area contributed by atoms with E-state index in [4.69, 9.17) is 0 Å². The summed E-state index contributed by atoms with van der Waals surface area (Å²) in [7, 11) is 0. The van der Waals surface area contributed by atoms with Crippen molar-refractivity contribution < 1.29 is 0 Å². The first-order valence-electron chi connectivity index (χ1n) is 6.59. The Morgan fingerprint density at radius 1 is 1.35 bits per heavy atom. The van der Waals surface area contributed by atoms with Crippen molar-refractivity contribution in [2.45, 2.75) is 39.7 Å². The molecular formula is C13H22N4. The minimum absolute atomic E-state index is 0.867. The van der Waals surface area contributed by atoms with Gasteiger partial charge in [0.05, 0.1) is 0 Å². The Balaban J connectivity index is 2.12. The van der Waals surface area contributed by atoms with Gasteiger partial charge in [0.25, 0.3) is 0 Å². The summed E-state index contributed by atoms with van der Waals surface area (Å²) in [6, 6.07) is 0. The van der Waals surface area contributed by atoms with Crippen molar-refractivity contribution in [1.29, 1.82) is 0 Å². The molecule has 4 nitrogen and oxygen atoms in total. The van der Waals surface area contributed by atoms with Gasteiger partial charge in [-0.05, 0) is 32.7 Å². The van der Waals surface area contributed by atoms with Crippen LogP contribution in [0.5, 0.6) is 0 Å². The maximum absolute atomic E-state index is 4.61. The van der Waals surface area contributed by atoms with Gasteiger partial charge in [0.2, 0.25) is 0 Å². The molecule has 0 aromatic carbocycles. The molecule has 1 aliphatic heterocycles. The summed E-state index contributed by atoms with van der Waals surface area (Å²) < 4.78 is 0. The Hall–Kier alpha value is -1.16. The quantitative estimate of drug-likeness (QED) is 0.790. The normalized spacial score (nSPS) is 15.5. The molecule has 0 aliphatic carbocycles. The number of aromatic nitrogens is 2. The molecule has 17 heavy (non-hydrogen) atoms. The zero-order valence-corrected chi connectivity index (χ0v) is 10.9. The molecule has 1 saturated heterocycles. The van der Waals surface area contributed by atoms with Crippen LogP contribution in [0.4, 0.5) is 5.82 Å². The summed E-state index contributed by atoms with van der Waals surface area (Å²) in [5.41, 5.74) is 1.23. The monoisotopic (exact) mass is 234 g/mol. The summed E-state index contributed by atoms with van der Waals surface area (Å²) >= 11 is 0. The molecule has 0 atom stereocenters. The number of aryl methyl sites for hydroxylation is 1. The van der Waals surface area contributed by atoms with Gasteiger partial charge in [0.15, 0.2) is 0 Å². The number of nitrogens with one attached hydrogen (secondary N) is 1. The second-order valence-electron chi connectivity index (χ2n) is 4.64. The summed E-state index contributed by atoms with van der Waals surface area (Å²) in [4.78, 5) is 11.3. The van der Waals surface area contributed by atoms with E-state index in [2.05, 4.69) is 27.1 Å². The van der Waals surface area contributed by atoms with Crippen LogP contribution in [0.1, 0.15) is 37.6 Å². The molecule has 1 N–H and O–H groups in total. The van der Waals surface area contributed by atoms with Gasteiger partial charge in [0.1, 0.15) is 11.6 Å². The molecule has 0 amide bonds. The largest absolute Gasteiger partial charge is 0.356 e. The molecule has 2 rings (SSSR count). The molecule has 1 fully saturated rings. The van der Waals surface area contributed by atoms with Gasteiger partial charge >= 0.3 is 0 Å². The molecule has 1 aromatic heterocycles. The minimum atomic E-state index is 0.867. The molecule has 0 saturated carbocycles. The average molecular weight is 234 g/mol. The third-order valence-electron chi connectivity index (χ3n) is 3.11. The van der Waals surface area contributed by atoms with Crippen molar-refractivity contribution in [2.24, 2.45) is 0 Å². The van der Waals surface area contributed by atoms with Crippen LogP contribution in [0, 0.1) is 6.92 Å². The number of anilines is 1. The third-order valence-corrected chi connectivity index (χ3v) is 3.11. The van der Waals surface area contributed by atoms with E-state index in [1.165, 1.54) is 18.4 Å². The van der Waals surface area contributed by atoms with Gasteiger partial charge in [-0.15, -0.1) is 0 Å². The summed E-state index contributed by atoms with van der Waals surface area (Å²) in [6.07, 6.45) is 5.69. The fourth-order valence-electron chi connectivity index (χ4n) is 2.21. The van der Waals surface area contributed by atoms with Crippen molar-refractivity contribution in [2.75, 3.05) is 24.5 Å². The standard InChI is InChI=1S/C13H22N4/c1-3-6-14-9-12-10-15-11(2)16-13(12)17-7-4-5-8-17/h10,14H,3-9H2,1-2H3. The fourth-order valence-corrected chi connectivity index (χ4v) is 2.21. The smallest absolute Gasteiger partial charge is 0.136 e. The fraction of sp³-hybridized carbons (Fsp3) is 0.692. The highest BCUT2D eigenvalue weighted by Gasteiger charge is 2.17. The van der Waals surface area contributed by atoms with Crippen LogP contribution in [0.2, 0.25) is 0 Å². The zero-order chi connectivity index (χ0) is 12.1. The van der Waals surface area contributed by atoms with Crippen LogP contribution in [0.25, 0.3) is 0 Å². The highest BCUT2D eigenvalue weighted by Crippen LogP contribution is 2.21. The van der Waals surface area contributed by atoms with E-state index in [-0.39, 0.29) is 0 Å². The maximum atomic E-state index is 4.61. The maximum Gasteiger partial charge on any atom is 0.136 e. The second kappa shape index (κ2) is 5.96. The van der Waals surface area contributed by atoms with E-state index >= 15 is 0 Å². The predicted octanol–water partition coefficient (Wildman–Crippen LogP) is 1.88. The molecule has 1 aliphatic rings. The van der Waals surface area contributed by atoms with Crippen LogP contribution in [0.15, 0.2) is 6.20 Å². The van der Waals surface area contributed by atoms with Gasteiger partial charge in [-0.25, -0.2) is 9.97 Å². The molecule has 2 heterocycles. The van der Waals surface area contributed by atoms with Gasteiger partial charge in [-0.1, -0.05) is 6.92 Å². The molecule has 0 spiro atoms. The molecule has 4 heteroatoms. The Bertz CT molecular complexity index is 358. The lowest BCUT2D eigenvalue weighted by molar-refractivity contribution is 0.668. The van der Waals surface area contributed by atoms with E-state index in [0.29, 0.717) is 0 Å². The Morgan fingerprint density at radius 2 is 2.12 bits per heavy atom. The molecule has 0 unspecified atom stereocenters. The minimum Gasteiger partial charge on any atom is -0.356 e. The summed E-state index contributed by atoms with van der Waals surface area (Å²) in [6.45, 7) is 8.34. The highest BCUT2D eigenvalue weighted by molar-refractivity contribution is 5.46. The van der Waals surface area contributed by atoms with Crippen molar-refractivity contribution in [1.82, 2.24) is 15.3 Å². The van der Waals surface area contributed by atoms with E-state index in [1.54, 1.807) is 0 Å².